The van der Waals surface area contributed by atoms with Gasteiger partial charge in [0.1, 0.15) is 11.5 Å². The van der Waals surface area contributed by atoms with Crippen LogP contribution in [0.2, 0.25) is 0 Å². The molecule has 0 atom stereocenters. The van der Waals surface area contributed by atoms with Gasteiger partial charge in [0, 0.05) is 15.7 Å². The second-order valence-corrected chi connectivity index (χ2v) is 4.52. The largest absolute Gasteiger partial charge is 0.507 e. The summed E-state index contributed by atoms with van der Waals surface area (Å²) >= 11 is 1.59. The fourth-order valence-corrected chi connectivity index (χ4v) is 2.30. The molecule has 0 saturated heterocycles. The quantitative estimate of drug-likeness (QED) is 0.762. The summed E-state index contributed by atoms with van der Waals surface area (Å²) in [7, 11) is 0. The van der Waals surface area contributed by atoms with Gasteiger partial charge in [0.2, 0.25) is 0 Å². The Balaban J connectivity index is 2.68. The van der Waals surface area contributed by atoms with Crippen LogP contribution < -0.4 is 0 Å². The fourth-order valence-electron chi connectivity index (χ4n) is 1.58. The van der Waals surface area contributed by atoms with Crippen molar-refractivity contribution >= 4 is 22.5 Å². The molecule has 0 unspecified atom stereocenters. The van der Waals surface area contributed by atoms with Gasteiger partial charge in [-0.25, -0.2) is 0 Å². The molecule has 0 radical (unpaired) electrons. The number of benzene rings is 2. The SMILES string of the molecule is CCSc1ccc2c(O)cccc2c1O. The van der Waals surface area contributed by atoms with Crippen molar-refractivity contribution in [1.82, 2.24) is 0 Å². The fraction of sp³-hybridized carbons (Fsp3) is 0.167. The highest BCUT2D eigenvalue weighted by Gasteiger charge is 2.07. The van der Waals surface area contributed by atoms with Gasteiger partial charge in [-0.1, -0.05) is 19.1 Å². The van der Waals surface area contributed by atoms with Crippen LogP contribution in [0.1, 0.15) is 6.92 Å². The van der Waals surface area contributed by atoms with Gasteiger partial charge >= 0.3 is 0 Å². The first kappa shape index (κ1) is 10.2. The third-order valence-electron chi connectivity index (χ3n) is 2.27. The number of aromatic hydroxyl groups is 2. The van der Waals surface area contributed by atoms with E-state index in [1.54, 1.807) is 23.9 Å². The number of fused-ring (bicyclic) bond motifs is 1. The maximum absolute atomic E-state index is 9.97. The van der Waals surface area contributed by atoms with E-state index in [1.165, 1.54) is 0 Å². The van der Waals surface area contributed by atoms with Gasteiger partial charge in [-0.3, -0.25) is 0 Å². The van der Waals surface area contributed by atoms with Gasteiger partial charge in [0.05, 0.1) is 0 Å². The van der Waals surface area contributed by atoms with Crippen LogP contribution in [-0.2, 0) is 0 Å². The Morgan fingerprint density at radius 3 is 2.60 bits per heavy atom. The van der Waals surface area contributed by atoms with Crippen molar-refractivity contribution in [3.63, 3.8) is 0 Å². The maximum atomic E-state index is 9.97. The Morgan fingerprint density at radius 1 is 1.07 bits per heavy atom. The summed E-state index contributed by atoms with van der Waals surface area (Å²) in [5.41, 5.74) is 0. The van der Waals surface area contributed by atoms with Gasteiger partial charge in [-0.2, -0.15) is 0 Å². The van der Waals surface area contributed by atoms with E-state index in [1.807, 2.05) is 25.1 Å². The number of phenols is 2. The minimum atomic E-state index is 0.204. The summed E-state index contributed by atoms with van der Waals surface area (Å²) in [6, 6.07) is 8.84. The van der Waals surface area contributed by atoms with Crippen LogP contribution >= 0.6 is 11.8 Å². The Kier molecular flexibility index (Phi) is 2.73. The Hall–Kier alpha value is -1.35. The average Bonchev–Trinajstić information content (AvgIpc) is 2.23. The van der Waals surface area contributed by atoms with Gasteiger partial charge < -0.3 is 10.2 Å². The topological polar surface area (TPSA) is 40.5 Å². The molecule has 2 aromatic carbocycles. The summed E-state index contributed by atoms with van der Waals surface area (Å²) in [6.07, 6.45) is 0. The smallest absolute Gasteiger partial charge is 0.137 e. The first-order valence-electron chi connectivity index (χ1n) is 4.80. The molecule has 0 aromatic heterocycles. The zero-order chi connectivity index (χ0) is 10.8. The van der Waals surface area contributed by atoms with Gasteiger partial charge in [-0.15, -0.1) is 11.8 Å². The van der Waals surface area contributed by atoms with E-state index >= 15 is 0 Å². The molecule has 0 bridgehead atoms. The van der Waals surface area contributed by atoms with Crippen LogP contribution in [0.3, 0.4) is 0 Å². The lowest BCUT2D eigenvalue weighted by molar-refractivity contribution is 0.466. The molecule has 0 spiro atoms. The first-order valence-corrected chi connectivity index (χ1v) is 5.79. The third-order valence-corrected chi connectivity index (χ3v) is 3.20. The molecular formula is C12H12O2S. The molecular weight excluding hydrogens is 208 g/mol. The Morgan fingerprint density at radius 2 is 1.87 bits per heavy atom. The van der Waals surface area contributed by atoms with E-state index in [2.05, 4.69) is 0 Å². The van der Waals surface area contributed by atoms with Crippen molar-refractivity contribution in [2.45, 2.75) is 11.8 Å². The van der Waals surface area contributed by atoms with E-state index in [4.69, 9.17) is 0 Å². The van der Waals surface area contributed by atoms with E-state index < -0.39 is 0 Å². The molecule has 0 aliphatic carbocycles. The maximum Gasteiger partial charge on any atom is 0.137 e. The van der Waals surface area contributed by atoms with E-state index in [0.29, 0.717) is 10.8 Å². The predicted molar refractivity (Wildman–Crippen MR) is 63.7 cm³/mol. The molecule has 2 rings (SSSR count). The standard InChI is InChI=1S/C12H12O2S/c1-2-15-11-7-6-8-9(12(11)14)4-3-5-10(8)13/h3-7,13-14H,2H2,1H3. The second kappa shape index (κ2) is 4.03. The lowest BCUT2D eigenvalue weighted by atomic mass is 10.1. The van der Waals surface area contributed by atoms with Crippen LogP contribution in [0, 0.1) is 0 Å². The summed E-state index contributed by atoms with van der Waals surface area (Å²) in [5.74, 6) is 1.38. The summed E-state index contributed by atoms with van der Waals surface area (Å²) in [6.45, 7) is 2.04. The highest BCUT2D eigenvalue weighted by molar-refractivity contribution is 7.99. The lowest BCUT2D eigenvalue weighted by Gasteiger charge is -2.07. The zero-order valence-corrected chi connectivity index (χ0v) is 9.21. The third kappa shape index (κ3) is 1.75. The number of phenolic OH excluding ortho intramolecular Hbond substituents is 2. The average molecular weight is 220 g/mol. The minimum Gasteiger partial charge on any atom is -0.507 e. The lowest BCUT2D eigenvalue weighted by Crippen LogP contribution is -1.79. The number of hydrogen-bond donors (Lipinski definition) is 2. The molecule has 2 nitrogen and oxygen atoms in total. The van der Waals surface area contributed by atoms with E-state index in [-0.39, 0.29) is 11.5 Å². The van der Waals surface area contributed by atoms with Gasteiger partial charge in [0.15, 0.2) is 0 Å². The zero-order valence-electron chi connectivity index (χ0n) is 8.40. The summed E-state index contributed by atoms with van der Waals surface area (Å²) in [4.78, 5) is 0.857. The monoisotopic (exact) mass is 220 g/mol. The molecule has 3 heteroatoms. The Bertz CT molecular complexity index is 494. The van der Waals surface area contributed by atoms with Crippen LogP contribution in [0.25, 0.3) is 10.8 Å². The van der Waals surface area contributed by atoms with Crippen molar-refractivity contribution < 1.29 is 10.2 Å². The van der Waals surface area contributed by atoms with Crippen molar-refractivity contribution in [3.05, 3.63) is 30.3 Å². The van der Waals surface area contributed by atoms with Crippen molar-refractivity contribution in [2.24, 2.45) is 0 Å². The molecule has 2 N–H and O–H groups in total. The van der Waals surface area contributed by atoms with Crippen LogP contribution in [0.4, 0.5) is 0 Å². The molecule has 0 saturated carbocycles. The van der Waals surface area contributed by atoms with Crippen LogP contribution in [0.15, 0.2) is 35.2 Å². The summed E-state index contributed by atoms with van der Waals surface area (Å²) in [5, 5.41) is 21.0. The first-order chi connectivity index (χ1) is 7.24. The molecule has 78 valence electrons. The Labute approximate surface area is 92.6 Å². The number of thioether (sulfide) groups is 1. The molecule has 0 aliphatic rings. The van der Waals surface area contributed by atoms with Gasteiger partial charge in [-0.05, 0) is 24.0 Å². The second-order valence-electron chi connectivity index (χ2n) is 3.22. The number of rotatable bonds is 2. The molecule has 0 amide bonds. The molecule has 0 heterocycles. The number of hydrogen-bond acceptors (Lipinski definition) is 3. The van der Waals surface area contributed by atoms with Crippen molar-refractivity contribution in [1.29, 1.82) is 0 Å². The van der Waals surface area contributed by atoms with E-state index in [0.717, 1.165) is 10.6 Å². The highest BCUT2D eigenvalue weighted by atomic mass is 32.2. The molecule has 0 fully saturated rings. The summed E-state index contributed by atoms with van der Waals surface area (Å²) < 4.78 is 0. The molecule has 0 aliphatic heterocycles. The van der Waals surface area contributed by atoms with E-state index in [9.17, 15) is 10.2 Å². The van der Waals surface area contributed by atoms with Crippen molar-refractivity contribution in [3.8, 4) is 11.5 Å². The normalized spacial score (nSPS) is 10.7. The molecule has 15 heavy (non-hydrogen) atoms. The predicted octanol–water partition coefficient (Wildman–Crippen LogP) is 3.36. The minimum absolute atomic E-state index is 0.204. The van der Waals surface area contributed by atoms with Crippen molar-refractivity contribution in [2.75, 3.05) is 5.75 Å². The van der Waals surface area contributed by atoms with Crippen LogP contribution in [0.5, 0.6) is 11.5 Å². The highest BCUT2D eigenvalue weighted by Crippen LogP contribution is 2.37. The van der Waals surface area contributed by atoms with Crippen LogP contribution in [-0.4, -0.2) is 16.0 Å². The molecule has 2 aromatic rings. The van der Waals surface area contributed by atoms with Gasteiger partial charge in [0.25, 0.3) is 0 Å².